The predicted octanol–water partition coefficient (Wildman–Crippen LogP) is 2.45. The lowest BCUT2D eigenvalue weighted by Gasteiger charge is -2.20. The minimum Gasteiger partial charge on any atom is -0.360 e. The molecule has 0 radical (unpaired) electrons. The van der Waals surface area contributed by atoms with Gasteiger partial charge in [0.15, 0.2) is 6.54 Å². The third-order valence-corrected chi connectivity index (χ3v) is 5.10. The maximum atomic E-state index is 12.9. The Morgan fingerprint density at radius 2 is 1.81 bits per heavy atom. The van der Waals surface area contributed by atoms with Crippen molar-refractivity contribution < 1.29 is 14.5 Å². The van der Waals surface area contributed by atoms with E-state index in [0.717, 1.165) is 33.5 Å². The van der Waals surface area contributed by atoms with Gasteiger partial charge in [-0.3, -0.25) is 9.59 Å². The van der Waals surface area contributed by atoms with Crippen LogP contribution in [0.4, 0.5) is 5.69 Å². The van der Waals surface area contributed by atoms with Crippen molar-refractivity contribution in [3.05, 3.63) is 65.9 Å². The van der Waals surface area contributed by atoms with Crippen LogP contribution in [-0.4, -0.2) is 36.3 Å². The molecule has 0 aliphatic heterocycles. The lowest BCUT2D eigenvalue weighted by atomic mass is 10.0. The maximum absolute atomic E-state index is 12.9. The monoisotopic (exact) mass is 364 g/mol. The van der Waals surface area contributed by atoms with Gasteiger partial charge < -0.3 is 15.2 Å². The topological polar surface area (TPSA) is 66.4 Å². The van der Waals surface area contributed by atoms with Crippen molar-refractivity contribution in [1.82, 2.24) is 4.98 Å². The first-order chi connectivity index (χ1) is 13.0. The van der Waals surface area contributed by atoms with Gasteiger partial charge in [-0.15, -0.1) is 0 Å². The van der Waals surface area contributed by atoms with Crippen LogP contribution in [-0.2, 0) is 11.2 Å². The number of nitrogens with one attached hydrogen (secondary N) is 3. The first-order valence-corrected chi connectivity index (χ1v) is 9.31. The number of para-hydroxylation sites is 2. The minimum absolute atomic E-state index is 0.0340. The highest BCUT2D eigenvalue weighted by Gasteiger charge is 2.27. The van der Waals surface area contributed by atoms with Gasteiger partial charge in [-0.25, -0.2) is 0 Å². The Bertz CT molecular complexity index is 961. The molecule has 1 aromatic heterocycles. The number of quaternary nitrogens is 1. The predicted molar refractivity (Wildman–Crippen MR) is 108 cm³/mol. The Hall–Kier alpha value is -2.92. The van der Waals surface area contributed by atoms with Crippen LogP contribution in [0.25, 0.3) is 10.9 Å². The number of ketones is 1. The highest BCUT2D eigenvalue weighted by atomic mass is 16.2. The Kier molecular flexibility index (Phi) is 5.72. The minimum atomic E-state index is -0.323. The maximum Gasteiger partial charge on any atom is 0.279 e. The zero-order valence-electron chi connectivity index (χ0n) is 16.0. The molecule has 0 spiro atoms. The molecule has 1 heterocycles. The van der Waals surface area contributed by atoms with Crippen molar-refractivity contribution in [2.75, 3.05) is 18.9 Å². The normalized spacial score (nSPS) is 13.3. The van der Waals surface area contributed by atoms with Gasteiger partial charge in [0, 0.05) is 28.4 Å². The summed E-state index contributed by atoms with van der Waals surface area (Å²) in [4.78, 5) is 29.4. The zero-order chi connectivity index (χ0) is 19.4. The van der Waals surface area contributed by atoms with E-state index < -0.39 is 0 Å². The lowest BCUT2D eigenvalue weighted by molar-refractivity contribution is -0.885. The second kappa shape index (κ2) is 8.18. The van der Waals surface area contributed by atoms with E-state index in [1.807, 2.05) is 62.5 Å². The Balaban J connectivity index is 1.67. The molecule has 2 atom stereocenters. The van der Waals surface area contributed by atoms with Gasteiger partial charge in [0.25, 0.3) is 5.91 Å². The molecular weight excluding hydrogens is 338 g/mol. The summed E-state index contributed by atoms with van der Waals surface area (Å²) in [6, 6.07) is 15.2. The van der Waals surface area contributed by atoms with Crippen molar-refractivity contribution >= 4 is 28.3 Å². The summed E-state index contributed by atoms with van der Waals surface area (Å²) in [6.07, 6.45) is 2.61. The van der Waals surface area contributed by atoms with Gasteiger partial charge in [0.05, 0.1) is 7.05 Å². The van der Waals surface area contributed by atoms with E-state index in [-0.39, 0.29) is 24.3 Å². The van der Waals surface area contributed by atoms with E-state index in [9.17, 15) is 9.59 Å². The first kappa shape index (κ1) is 18.9. The highest BCUT2D eigenvalue weighted by Crippen LogP contribution is 2.18. The average Bonchev–Trinajstić information content (AvgIpc) is 3.11. The fraction of sp³-hybridized carbons (Fsp3) is 0.273. The molecule has 3 aromatic rings. The Labute approximate surface area is 159 Å². The number of anilines is 1. The molecule has 1 amide bonds. The number of likely N-dealkylation sites (N-methyl/N-ethyl adjacent to an activating group) is 1. The van der Waals surface area contributed by atoms with Gasteiger partial charge >= 0.3 is 0 Å². The van der Waals surface area contributed by atoms with Gasteiger partial charge in [-0.1, -0.05) is 43.3 Å². The summed E-state index contributed by atoms with van der Waals surface area (Å²) >= 11 is 0. The fourth-order valence-electron chi connectivity index (χ4n) is 3.28. The zero-order valence-corrected chi connectivity index (χ0v) is 16.0. The summed E-state index contributed by atoms with van der Waals surface area (Å²) in [5.41, 5.74) is 3.56. The lowest BCUT2D eigenvalue weighted by Crippen LogP contribution is -3.14. The van der Waals surface area contributed by atoms with Crippen LogP contribution in [0.2, 0.25) is 0 Å². The highest BCUT2D eigenvalue weighted by molar-refractivity contribution is 6.09. The van der Waals surface area contributed by atoms with E-state index in [4.69, 9.17) is 0 Å². The summed E-state index contributed by atoms with van der Waals surface area (Å²) in [6.45, 7) is 4.16. The number of amides is 1. The number of aromatic amines is 1. The molecule has 140 valence electrons. The molecule has 0 saturated carbocycles. The van der Waals surface area contributed by atoms with Gasteiger partial charge in [0.2, 0.25) is 5.78 Å². The standard InChI is InChI=1S/C22H25N3O2/c1-4-16-9-5-7-11-19(16)24-21(26)14-25(3)15(2)22(27)18-13-23-20-12-8-6-10-17(18)20/h5-13,15,23H,4,14H2,1-3H3,(H,24,26)/p+1/t15-/m0/s1. The number of benzene rings is 2. The second-order valence-corrected chi connectivity index (χ2v) is 6.92. The number of hydrogen-bond donors (Lipinski definition) is 3. The van der Waals surface area contributed by atoms with Gasteiger partial charge in [0.1, 0.15) is 6.04 Å². The summed E-state index contributed by atoms with van der Waals surface area (Å²) < 4.78 is 0. The van der Waals surface area contributed by atoms with E-state index in [1.165, 1.54) is 0 Å². The smallest absolute Gasteiger partial charge is 0.279 e. The van der Waals surface area contributed by atoms with Crippen LogP contribution in [0.5, 0.6) is 0 Å². The summed E-state index contributed by atoms with van der Waals surface area (Å²) in [5, 5.41) is 3.89. The number of aryl methyl sites for hydroxylation is 1. The Morgan fingerprint density at radius 3 is 2.59 bits per heavy atom. The van der Waals surface area contributed by atoms with Crippen LogP contribution in [0.3, 0.4) is 0 Å². The molecule has 27 heavy (non-hydrogen) atoms. The van der Waals surface area contributed by atoms with Crippen LogP contribution < -0.4 is 10.2 Å². The van der Waals surface area contributed by atoms with Gasteiger partial charge in [-0.2, -0.15) is 0 Å². The van der Waals surface area contributed by atoms with Crippen molar-refractivity contribution in [2.24, 2.45) is 0 Å². The van der Waals surface area contributed by atoms with Crippen molar-refractivity contribution in [3.8, 4) is 0 Å². The third kappa shape index (κ3) is 4.09. The van der Waals surface area contributed by atoms with Crippen LogP contribution in [0.15, 0.2) is 54.7 Å². The fourth-order valence-corrected chi connectivity index (χ4v) is 3.28. The molecular formula is C22H26N3O2+. The number of aromatic nitrogens is 1. The number of carbonyl (C=O) groups excluding carboxylic acids is 2. The molecule has 5 nitrogen and oxygen atoms in total. The van der Waals surface area contributed by atoms with E-state index in [0.29, 0.717) is 5.56 Å². The van der Waals surface area contributed by atoms with Crippen LogP contribution in [0, 0.1) is 0 Å². The van der Waals surface area contributed by atoms with E-state index >= 15 is 0 Å². The van der Waals surface area contributed by atoms with Crippen molar-refractivity contribution in [1.29, 1.82) is 0 Å². The SMILES string of the molecule is CCc1ccccc1NC(=O)C[NH+](C)[C@@H](C)C(=O)c1c[nH]c2ccccc12. The molecule has 5 heteroatoms. The molecule has 3 N–H and O–H groups in total. The summed E-state index contributed by atoms with van der Waals surface area (Å²) in [7, 11) is 1.88. The molecule has 0 saturated heterocycles. The average molecular weight is 364 g/mol. The number of Topliss-reactive ketones (excluding diaryl/α,β-unsaturated/α-hetero) is 1. The molecule has 0 aliphatic rings. The number of fused-ring (bicyclic) bond motifs is 1. The molecule has 0 bridgehead atoms. The Morgan fingerprint density at radius 1 is 1.11 bits per heavy atom. The number of rotatable bonds is 7. The van der Waals surface area contributed by atoms with Crippen LogP contribution in [0.1, 0.15) is 29.8 Å². The van der Waals surface area contributed by atoms with E-state index in [1.54, 1.807) is 6.20 Å². The van der Waals surface area contributed by atoms with Crippen molar-refractivity contribution in [2.45, 2.75) is 26.3 Å². The largest absolute Gasteiger partial charge is 0.360 e. The third-order valence-electron chi connectivity index (χ3n) is 5.10. The van der Waals surface area contributed by atoms with E-state index in [2.05, 4.69) is 17.2 Å². The molecule has 0 fully saturated rings. The molecule has 3 rings (SSSR count). The molecule has 1 unspecified atom stereocenters. The van der Waals surface area contributed by atoms with Crippen molar-refractivity contribution in [3.63, 3.8) is 0 Å². The van der Waals surface area contributed by atoms with Gasteiger partial charge in [-0.05, 0) is 31.0 Å². The molecule has 0 aliphatic carbocycles. The summed E-state index contributed by atoms with van der Waals surface area (Å²) in [5.74, 6) is -0.0568. The number of hydrogen-bond acceptors (Lipinski definition) is 2. The number of H-pyrrole nitrogens is 1. The number of carbonyl (C=O) groups is 2. The second-order valence-electron chi connectivity index (χ2n) is 6.92. The quantitative estimate of drug-likeness (QED) is 0.564. The van der Waals surface area contributed by atoms with Crippen LogP contribution >= 0.6 is 0 Å². The molecule has 2 aromatic carbocycles. The first-order valence-electron chi connectivity index (χ1n) is 9.31.